The molecule has 8 nitrogen and oxygen atoms in total. The lowest BCUT2D eigenvalue weighted by Gasteiger charge is -2.32. The third kappa shape index (κ3) is 4.76. The van der Waals surface area contributed by atoms with E-state index in [-0.39, 0.29) is 18.4 Å². The SMILES string of the molecule is CCn1nnc2c(C)c([C@H](c3cc(CN4C[C@@H](C)Cc5ccccc5S4(=O)=O)c(C)s3)C(C)(C)C(N)=O)ccc21. The Morgan fingerprint density at radius 2 is 1.93 bits per heavy atom. The van der Waals surface area contributed by atoms with Crippen LogP contribution in [0.3, 0.4) is 0 Å². The molecule has 2 atom stereocenters. The molecule has 0 saturated heterocycles. The molecule has 0 aliphatic carbocycles. The molecular weight excluding hydrogens is 542 g/mol. The number of amides is 1. The van der Waals surface area contributed by atoms with Crippen molar-refractivity contribution in [3.05, 3.63) is 74.5 Å². The first-order chi connectivity index (χ1) is 18.9. The monoisotopic (exact) mass is 579 g/mol. The Balaban J connectivity index is 1.59. The van der Waals surface area contributed by atoms with E-state index in [1.807, 2.05) is 57.5 Å². The van der Waals surface area contributed by atoms with Crippen LogP contribution in [0.25, 0.3) is 11.0 Å². The number of aryl methyl sites for hydroxylation is 3. The van der Waals surface area contributed by atoms with Crippen molar-refractivity contribution >= 4 is 38.3 Å². The van der Waals surface area contributed by atoms with E-state index in [1.165, 1.54) is 0 Å². The molecule has 212 valence electrons. The maximum atomic E-state index is 13.7. The van der Waals surface area contributed by atoms with Crippen molar-refractivity contribution in [1.82, 2.24) is 19.3 Å². The van der Waals surface area contributed by atoms with Crippen molar-refractivity contribution in [2.45, 2.75) is 71.9 Å². The van der Waals surface area contributed by atoms with Crippen molar-refractivity contribution in [3.8, 4) is 0 Å². The summed E-state index contributed by atoms with van der Waals surface area (Å²) in [6.07, 6.45) is 0.721. The maximum Gasteiger partial charge on any atom is 0.243 e. The average Bonchev–Trinajstić information content (AvgIpc) is 3.46. The lowest BCUT2D eigenvalue weighted by molar-refractivity contribution is -0.126. The van der Waals surface area contributed by atoms with Crippen LogP contribution >= 0.6 is 11.3 Å². The highest BCUT2D eigenvalue weighted by Gasteiger charge is 2.40. The minimum absolute atomic E-state index is 0.185. The Hall–Kier alpha value is -3.08. The van der Waals surface area contributed by atoms with Gasteiger partial charge in [-0.1, -0.05) is 50.3 Å². The topological polar surface area (TPSA) is 111 Å². The number of benzene rings is 2. The lowest BCUT2D eigenvalue weighted by atomic mass is 9.72. The van der Waals surface area contributed by atoms with E-state index in [4.69, 9.17) is 5.73 Å². The molecule has 10 heteroatoms. The van der Waals surface area contributed by atoms with Crippen LogP contribution in [0.1, 0.15) is 65.6 Å². The minimum Gasteiger partial charge on any atom is -0.369 e. The number of aromatic nitrogens is 3. The summed E-state index contributed by atoms with van der Waals surface area (Å²) in [5.41, 5.74) is 10.6. The molecule has 0 saturated carbocycles. The van der Waals surface area contributed by atoms with Gasteiger partial charge in [0.05, 0.1) is 15.8 Å². The molecule has 0 unspecified atom stereocenters. The van der Waals surface area contributed by atoms with E-state index in [9.17, 15) is 13.2 Å². The highest BCUT2D eigenvalue weighted by Crippen LogP contribution is 2.46. The second-order valence-electron chi connectivity index (χ2n) is 11.5. The Morgan fingerprint density at radius 1 is 1.20 bits per heavy atom. The number of hydrogen-bond acceptors (Lipinski definition) is 6. The van der Waals surface area contributed by atoms with Gasteiger partial charge >= 0.3 is 0 Å². The first-order valence-electron chi connectivity index (χ1n) is 13.7. The van der Waals surface area contributed by atoms with E-state index in [1.54, 1.807) is 27.8 Å². The normalized spacial score (nSPS) is 18.4. The van der Waals surface area contributed by atoms with E-state index < -0.39 is 21.3 Å². The summed E-state index contributed by atoms with van der Waals surface area (Å²) in [4.78, 5) is 15.2. The molecule has 3 heterocycles. The Kier molecular flexibility index (Phi) is 7.39. The van der Waals surface area contributed by atoms with Gasteiger partial charge in [0.1, 0.15) is 5.52 Å². The number of carbonyl (C=O) groups is 1. The lowest BCUT2D eigenvalue weighted by Crippen LogP contribution is -2.37. The van der Waals surface area contributed by atoms with E-state index in [0.29, 0.717) is 18.0 Å². The molecule has 0 fully saturated rings. The summed E-state index contributed by atoms with van der Waals surface area (Å²) in [5.74, 6) is -0.550. The van der Waals surface area contributed by atoms with E-state index in [0.717, 1.165) is 49.5 Å². The number of thiophene rings is 1. The van der Waals surface area contributed by atoms with Gasteiger partial charge in [-0.15, -0.1) is 16.4 Å². The van der Waals surface area contributed by atoms with Crippen molar-refractivity contribution in [2.24, 2.45) is 17.1 Å². The van der Waals surface area contributed by atoms with E-state index >= 15 is 0 Å². The van der Waals surface area contributed by atoms with E-state index in [2.05, 4.69) is 29.4 Å². The molecule has 0 bridgehead atoms. The van der Waals surface area contributed by atoms with Crippen LogP contribution in [-0.4, -0.2) is 40.2 Å². The fraction of sp³-hybridized carbons (Fsp3) is 0.433. The third-order valence-corrected chi connectivity index (χ3v) is 11.4. The first kappa shape index (κ1) is 28.4. The number of nitrogens with two attached hydrogens (primary N) is 1. The highest BCUT2D eigenvalue weighted by atomic mass is 32.2. The predicted molar refractivity (Wildman–Crippen MR) is 159 cm³/mol. The van der Waals surface area contributed by atoms with Crippen LogP contribution in [0.15, 0.2) is 47.4 Å². The number of primary amides is 1. The molecule has 1 aliphatic rings. The zero-order valence-electron chi connectivity index (χ0n) is 23.9. The molecule has 2 N–H and O–H groups in total. The Morgan fingerprint density at radius 3 is 2.62 bits per heavy atom. The predicted octanol–water partition coefficient (Wildman–Crippen LogP) is 5.16. The van der Waals surface area contributed by atoms with Crippen LogP contribution in [0.2, 0.25) is 0 Å². The molecule has 0 spiro atoms. The second kappa shape index (κ2) is 10.4. The molecule has 1 aliphatic heterocycles. The van der Waals surface area contributed by atoms with Crippen LogP contribution in [0, 0.1) is 25.2 Å². The van der Waals surface area contributed by atoms with Gasteiger partial charge in [0.2, 0.25) is 15.9 Å². The Labute approximate surface area is 240 Å². The highest BCUT2D eigenvalue weighted by molar-refractivity contribution is 7.89. The number of rotatable bonds is 7. The zero-order valence-corrected chi connectivity index (χ0v) is 25.6. The average molecular weight is 580 g/mol. The van der Waals surface area contributed by atoms with Crippen LogP contribution < -0.4 is 5.73 Å². The number of hydrogen-bond donors (Lipinski definition) is 1. The number of carbonyl (C=O) groups excluding carboxylic acids is 1. The minimum atomic E-state index is -3.66. The van der Waals surface area contributed by atoms with Crippen LogP contribution in [0.4, 0.5) is 0 Å². The number of nitrogens with zero attached hydrogens (tertiary/aromatic N) is 4. The fourth-order valence-electron chi connectivity index (χ4n) is 5.90. The van der Waals surface area contributed by atoms with Crippen molar-refractivity contribution in [2.75, 3.05) is 6.54 Å². The number of fused-ring (bicyclic) bond motifs is 2. The van der Waals surface area contributed by atoms with Gasteiger partial charge < -0.3 is 5.73 Å². The third-order valence-electron chi connectivity index (χ3n) is 8.29. The largest absolute Gasteiger partial charge is 0.369 e. The molecule has 5 rings (SSSR count). The van der Waals surface area contributed by atoms with Gasteiger partial charge in [0, 0.05) is 35.3 Å². The van der Waals surface area contributed by atoms with Gasteiger partial charge in [-0.3, -0.25) is 4.79 Å². The fourth-order valence-corrected chi connectivity index (χ4v) is 9.02. The summed E-state index contributed by atoms with van der Waals surface area (Å²) in [7, 11) is -3.66. The molecule has 40 heavy (non-hydrogen) atoms. The first-order valence-corrected chi connectivity index (χ1v) is 15.9. The summed E-state index contributed by atoms with van der Waals surface area (Å²) in [5, 5.41) is 8.72. The second-order valence-corrected chi connectivity index (χ2v) is 14.7. The summed E-state index contributed by atoms with van der Waals surface area (Å²) < 4.78 is 31.0. The standard InChI is InChI=1S/C30H37N5O3S2/c1-7-35-24-13-12-23(19(3)28(24)32-33-35)27(30(5,6)29(31)36)25-15-22(20(4)39-25)17-34-16-18(2)14-21-10-8-9-11-26(21)40(34,37)38/h8-13,15,18,27H,7,14,16-17H2,1-6H3,(H2,31,36)/t18-,27+/m0/s1. The quantitative estimate of drug-likeness (QED) is 0.325. The van der Waals surface area contributed by atoms with Gasteiger partial charge in [-0.25, -0.2) is 13.1 Å². The molecule has 2 aromatic carbocycles. The van der Waals surface area contributed by atoms with Crippen molar-refractivity contribution in [1.29, 1.82) is 0 Å². The maximum absolute atomic E-state index is 13.7. The molecule has 4 aromatic rings. The zero-order chi connectivity index (χ0) is 29.0. The van der Waals surface area contributed by atoms with Gasteiger partial charge in [-0.05, 0) is 73.6 Å². The van der Waals surface area contributed by atoms with Gasteiger partial charge in [-0.2, -0.15) is 4.31 Å². The molecule has 2 aromatic heterocycles. The smallest absolute Gasteiger partial charge is 0.243 e. The molecule has 1 amide bonds. The van der Waals surface area contributed by atoms with Crippen LogP contribution in [0.5, 0.6) is 0 Å². The summed E-state index contributed by atoms with van der Waals surface area (Å²) in [6.45, 7) is 13.3. The number of sulfonamides is 1. The van der Waals surface area contributed by atoms with Crippen molar-refractivity contribution in [3.63, 3.8) is 0 Å². The van der Waals surface area contributed by atoms with Crippen LogP contribution in [-0.2, 0) is 34.3 Å². The summed E-state index contributed by atoms with van der Waals surface area (Å²) >= 11 is 1.60. The van der Waals surface area contributed by atoms with Gasteiger partial charge in [0.25, 0.3) is 0 Å². The molecular formula is C30H37N5O3S2. The van der Waals surface area contributed by atoms with Crippen molar-refractivity contribution < 1.29 is 13.2 Å². The summed E-state index contributed by atoms with van der Waals surface area (Å²) in [6, 6.07) is 13.4. The van der Waals surface area contributed by atoms with Gasteiger partial charge in [0.15, 0.2) is 0 Å². The molecule has 0 radical (unpaired) electrons. The Bertz CT molecular complexity index is 1700.